The van der Waals surface area contributed by atoms with E-state index in [-0.39, 0.29) is 18.1 Å². The highest BCUT2D eigenvalue weighted by molar-refractivity contribution is 7.13. The van der Waals surface area contributed by atoms with E-state index >= 15 is 0 Å². The summed E-state index contributed by atoms with van der Waals surface area (Å²) in [5.74, 6) is -0.437. The van der Waals surface area contributed by atoms with Gasteiger partial charge in [0, 0.05) is 23.2 Å². The number of hydrogen-bond donors (Lipinski definition) is 0. The summed E-state index contributed by atoms with van der Waals surface area (Å²) in [4.78, 5) is 18.8. The molecule has 0 aliphatic heterocycles. The number of likely N-dealkylation sites (N-methyl/N-ethyl adjacent to an activating group) is 1. The van der Waals surface area contributed by atoms with Crippen molar-refractivity contribution in [2.75, 3.05) is 11.4 Å². The van der Waals surface area contributed by atoms with Crippen LogP contribution in [-0.2, 0) is 11.2 Å². The molecule has 0 N–H and O–H groups in total. The summed E-state index contributed by atoms with van der Waals surface area (Å²) in [7, 11) is 0. The second kappa shape index (κ2) is 7.57. The van der Waals surface area contributed by atoms with Gasteiger partial charge in [-0.15, -0.1) is 11.3 Å². The minimum Gasteiger partial charge on any atom is -0.312 e. The van der Waals surface area contributed by atoms with E-state index in [4.69, 9.17) is 0 Å². The summed E-state index contributed by atoms with van der Waals surface area (Å²) in [6, 6.07) is 14.2. The van der Waals surface area contributed by atoms with Gasteiger partial charge in [-0.05, 0) is 38.1 Å². The van der Waals surface area contributed by atoms with Gasteiger partial charge in [0.15, 0.2) is 0 Å². The van der Waals surface area contributed by atoms with Crippen molar-refractivity contribution < 1.29 is 9.18 Å². The molecular weight excluding hydrogens is 335 g/mol. The monoisotopic (exact) mass is 354 g/mol. The van der Waals surface area contributed by atoms with E-state index in [0.717, 1.165) is 16.3 Å². The number of benzene rings is 2. The number of anilines is 1. The first-order valence-corrected chi connectivity index (χ1v) is 9.02. The minimum atomic E-state index is -0.348. The molecule has 5 heteroatoms. The predicted octanol–water partition coefficient (Wildman–Crippen LogP) is 4.85. The van der Waals surface area contributed by atoms with E-state index in [2.05, 4.69) is 11.1 Å². The number of aryl methyl sites for hydroxylation is 1. The van der Waals surface area contributed by atoms with Crippen LogP contribution in [0.3, 0.4) is 0 Å². The van der Waals surface area contributed by atoms with E-state index in [9.17, 15) is 9.18 Å². The summed E-state index contributed by atoms with van der Waals surface area (Å²) in [5.41, 5.74) is 3.54. The first kappa shape index (κ1) is 17.3. The maximum atomic E-state index is 13.4. The van der Waals surface area contributed by atoms with Gasteiger partial charge in [-0.2, -0.15) is 0 Å². The van der Waals surface area contributed by atoms with Crippen LogP contribution in [0.25, 0.3) is 10.6 Å². The van der Waals surface area contributed by atoms with Crippen molar-refractivity contribution in [2.45, 2.75) is 20.3 Å². The van der Waals surface area contributed by atoms with Crippen molar-refractivity contribution in [3.63, 3.8) is 0 Å². The smallest absolute Gasteiger partial charge is 0.233 e. The third-order valence-electron chi connectivity index (χ3n) is 3.89. The van der Waals surface area contributed by atoms with E-state index in [0.29, 0.717) is 12.2 Å². The van der Waals surface area contributed by atoms with Crippen molar-refractivity contribution >= 4 is 22.9 Å². The Bertz CT molecular complexity index is 891. The maximum Gasteiger partial charge on any atom is 0.233 e. The number of nitrogens with zero attached hydrogens (tertiary/aromatic N) is 2. The number of aromatic nitrogens is 1. The maximum absolute atomic E-state index is 13.4. The highest BCUT2D eigenvalue weighted by Gasteiger charge is 2.17. The molecule has 2 aromatic carbocycles. The van der Waals surface area contributed by atoms with E-state index in [1.165, 1.54) is 29.0 Å². The Hall–Kier alpha value is -2.53. The van der Waals surface area contributed by atoms with Gasteiger partial charge in [-0.3, -0.25) is 4.79 Å². The second-order valence-corrected chi connectivity index (χ2v) is 6.67. The van der Waals surface area contributed by atoms with Crippen LogP contribution in [-0.4, -0.2) is 17.4 Å². The van der Waals surface area contributed by atoms with Gasteiger partial charge in [0.2, 0.25) is 5.91 Å². The molecule has 0 saturated carbocycles. The average Bonchev–Trinajstić information content (AvgIpc) is 3.04. The molecular formula is C20H19FN2OS. The average molecular weight is 354 g/mol. The molecule has 0 unspecified atom stereocenters. The number of thiazole rings is 1. The Labute approximate surface area is 150 Å². The molecule has 1 heterocycles. The number of amides is 1. The Morgan fingerprint density at radius 3 is 2.72 bits per heavy atom. The minimum absolute atomic E-state index is 0.0887. The number of carbonyl (C=O) groups is 1. The van der Waals surface area contributed by atoms with Crippen LogP contribution < -0.4 is 4.90 Å². The standard InChI is InChI=1S/C20H19FN2OS/c1-3-23(18-9-5-8-16(21)11-18)19(24)12-17-13-25-20(22-17)15-7-4-6-14(2)10-15/h4-11,13H,3,12H2,1-2H3. The lowest BCUT2D eigenvalue weighted by atomic mass is 10.1. The molecule has 1 aromatic heterocycles. The highest BCUT2D eigenvalue weighted by atomic mass is 32.1. The Kier molecular flexibility index (Phi) is 5.24. The summed E-state index contributed by atoms with van der Waals surface area (Å²) in [6.07, 6.45) is 0.201. The van der Waals surface area contributed by atoms with Gasteiger partial charge in [0.05, 0.1) is 12.1 Å². The lowest BCUT2D eigenvalue weighted by molar-refractivity contribution is -0.118. The topological polar surface area (TPSA) is 33.2 Å². The lowest BCUT2D eigenvalue weighted by Gasteiger charge is -2.20. The van der Waals surface area contributed by atoms with Crippen LogP contribution in [0, 0.1) is 12.7 Å². The SMILES string of the molecule is CCN(C(=O)Cc1csc(-c2cccc(C)c2)n1)c1cccc(F)c1. The summed E-state index contributed by atoms with van der Waals surface area (Å²) >= 11 is 1.53. The first-order chi connectivity index (χ1) is 12.1. The molecule has 0 saturated heterocycles. The first-order valence-electron chi connectivity index (χ1n) is 8.14. The normalized spacial score (nSPS) is 10.7. The highest BCUT2D eigenvalue weighted by Crippen LogP contribution is 2.25. The van der Waals surface area contributed by atoms with Crippen molar-refractivity contribution in [1.82, 2.24) is 4.98 Å². The third-order valence-corrected chi connectivity index (χ3v) is 4.83. The van der Waals surface area contributed by atoms with Gasteiger partial charge in [0.1, 0.15) is 10.8 Å². The van der Waals surface area contributed by atoms with Gasteiger partial charge in [0.25, 0.3) is 0 Å². The largest absolute Gasteiger partial charge is 0.312 e. The molecule has 3 aromatic rings. The van der Waals surface area contributed by atoms with Gasteiger partial charge in [-0.25, -0.2) is 9.37 Å². The van der Waals surface area contributed by atoms with Gasteiger partial charge < -0.3 is 4.90 Å². The van der Waals surface area contributed by atoms with Crippen molar-refractivity contribution in [3.8, 4) is 10.6 Å². The molecule has 128 valence electrons. The van der Waals surface area contributed by atoms with Crippen LogP contribution in [0.15, 0.2) is 53.9 Å². The molecule has 0 radical (unpaired) electrons. The molecule has 25 heavy (non-hydrogen) atoms. The molecule has 0 bridgehead atoms. The summed E-state index contributed by atoms with van der Waals surface area (Å²) in [6.45, 7) is 4.40. The molecule has 0 aliphatic rings. The van der Waals surface area contributed by atoms with Crippen molar-refractivity contribution in [3.05, 3.63) is 71.0 Å². The number of halogens is 1. The number of rotatable bonds is 5. The van der Waals surface area contributed by atoms with Crippen molar-refractivity contribution in [2.24, 2.45) is 0 Å². The Balaban J connectivity index is 1.76. The van der Waals surface area contributed by atoms with Crippen LogP contribution >= 0.6 is 11.3 Å². The zero-order chi connectivity index (χ0) is 17.8. The fourth-order valence-electron chi connectivity index (χ4n) is 2.70. The summed E-state index contributed by atoms with van der Waals surface area (Å²) < 4.78 is 13.4. The molecule has 3 rings (SSSR count). The lowest BCUT2D eigenvalue weighted by Crippen LogP contribution is -2.32. The fraction of sp³-hybridized carbons (Fsp3) is 0.200. The molecule has 1 amide bonds. The molecule has 0 fully saturated rings. The van der Waals surface area contributed by atoms with E-state index in [1.807, 2.05) is 37.4 Å². The van der Waals surface area contributed by atoms with Gasteiger partial charge in [-0.1, -0.05) is 29.8 Å². The zero-order valence-corrected chi connectivity index (χ0v) is 15.0. The van der Waals surface area contributed by atoms with E-state index in [1.54, 1.807) is 17.0 Å². The Morgan fingerprint density at radius 1 is 1.20 bits per heavy atom. The van der Waals surface area contributed by atoms with Gasteiger partial charge >= 0.3 is 0 Å². The molecule has 0 atom stereocenters. The molecule has 0 aliphatic carbocycles. The van der Waals surface area contributed by atoms with Crippen LogP contribution in [0.1, 0.15) is 18.2 Å². The molecule has 0 spiro atoms. The quantitative estimate of drug-likeness (QED) is 0.656. The van der Waals surface area contributed by atoms with Crippen LogP contribution in [0.4, 0.5) is 10.1 Å². The predicted molar refractivity (Wildman–Crippen MR) is 100 cm³/mol. The molecule has 3 nitrogen and oxygen atoms in total. The number of carbonyl (C=O) groups excluding carboxylic acids is 1. The van der Waals surface area contributed by atoms with E-state index < -0.39 is 0 Å². The second-order valence-electron chi connectivity index (χ2n) is 5.81. The summed E-state index contributed by atoms with van der Waals surface area (Å²) in [5, 5.41) is 2.81. The fourth-order valence-corrected chi connectivity index (χ4v) is 3.51. The third kappa shape index (κ3) is 4.12. The Morgan fingerprint density at radius 2 is 2.00 bits per heavy atom. The van der Waals surface area contributed by atoms with Crippen LogP contribution in [0.2, 0.25) is 0 Å². The zero-order valence-electron chi connectivity index (χ0n) is 14.2. The number of hydrogen-bond acceptors (Lipinski definition) is 3. The van der Waals surface area contributed by atoms with Crippen molar-refractivity contribution in [1.29, 1.82) is 0 Å². The van der Waals surface area contributed by atoms with Crippen LogP contribution in [0.5, 0.6) is 0 Å².